The Labute approximate surface area is 150 Å². The van der Waals surface area contributed by atoms with Crippen molar-refractivity contribution in [1.82, 2.24) is 9.88 Å². The van der Waals surface area contributed by atoms with Crippen LogP contribution in [0.2, 0.25) is 0 Å². The van der Waals surface area contributed by atoms with Crippen molar-refractivity contribution in [2.24, 2.45) is 0 Å². The molecule has 0 saturated carbocycles. The van der Waals surface area contributed by atoms with Crippen LogP contribution in [0.25, 0.3) is 16.6 Å². The molecule has 5 heteroatoms. The van der Waals surface area contributed by atoms with Crippen LogP contribution in [0.5, 0.6) is 0 Å². The predicted molar refractivity (Wildman–Crippen MR) is 98.5 cm³/mol. The zero-order valence-corrected chi connectivity index (χ0v) is 14.6. The van der Waals surface area contributed by atoms with Crippen LogP contribution in [0.15, 0.2) is 46.3 Å². The van der Waals surface area contributed by atoms with Crippen LogP contribution >= 0.6 is 0 Å². The summed E-state index contributed by atoms with van der Waals surface area (Å²) in [7, 11) is 0. The second kappa shape index (κ2) is 4.67. The molecule has 5 nitrogen and oxygen atoms in total. The molecule has 3 unspecified atom stereocenters. The van der Waals surface area contributed by atoms with Gasteiger partial charge in [0.25, 0.3) is 0 Å². The van der Waals surface area contributed by atoms with E-state index in [-0.39, 0.29) is 17.6 Å². The van der Waals surface area contributed by atoms with E-state index >= 15 is 0 Å². The van der Waals surface area contributed by atoms with Gasteiger partial charge in [-0.2, -0.15) is 0 Å². The molecule has 1 fully saturated rings. The van der Waals surface area contributed by atoms with Gasteiger partial charge in [-0.15, -0.1) is 0 Å². The van der Waals surface area contributed by atoms with Crippen LogP contribution in [-0.2, 0) is 11.3 Å². The normalized spacial score (nSPS) is 31.3. The first-order valence-corrected chi connectivity index (χ1v) is 9.31. The summed E-state index contributed by atoms with van der Waals surface area (Å²) < 4.78 is 5.75. The summed E-state index contributed by atoms with van der Waals surface area (Å²) >= 11 is 0. The van der Waals surface area contributed by atoms with Crippen LogP contribution in [0, 0.1) is 0 Å². The van der Waals surface area contributed by atoms with E-state index in [0.717, 1.165) is 46.4 Å². The van der Waals surface area contributed by atoms with E-state index in [0.29, 0.717) is 13.0 Å². The maximum Gasteiger partial charge on any atom is 0.195 e. The maximum absolute atomic E-state index is 13.0. The number of hydrogen-bond acceptors (Lipinski definition) is 4. The van der Waals surface area contributed by atoms with E-state index in [2.05, 4.69) is 16.0 Å². The molecular weight excluding hydrogens is 328 g/mol. The molecule has 4 aliphatic rings. The molecule has 132 valence electrons. The molecule has 1 aliphatic carbocycles. The van der Waals surface area contributed by atoms with Gasteiger partial charge in [-0.05, 0) is 42.2 Å². The van der Waals surface area contributed by atoms with Gasteiger partial charge in [-0.3, -0.25) is 4.79 Å². The monoisotopic (exact) mass is 348 g/mol. The van der Waals surface area contributed by atoms with Gasteiger partial charge in [0.2, 0.25) is 0 Å². The van der Waals surface area contributed by atoms with E-state index in [1.165, 1.54) is 5.57 Å². The fourth-order valence-corrected chi connectivity index (χ4v) is 5.05. The molecule has 4 heterocycles. The topological polar surface area (TPSA) is 68.9 Å². The second-order valence-corrected chi connectivity index (χ2v) is 7.83. The Morgan fingerprint density at radius 3 is 3.04 bits per heavy atom. The molecule has 0 amide bonds. The summed E-state index contributed by atoms with van der Waals surface area (Å²) in [6.45, 7) is 3.39. The number of epoxide rings is 1. The minimum Gasteiger partial charge on any atom is -0.382 e. The lowest BCUT2D eigenvalue weighted by Crippen LogP contribution is -2.43. The highest BCUT2D eigenvalue weighted by Crippen LogP contribution is 2.51. The molecule has 3 aliphatic heterocycles. The first kappa shape index (κ1) is 14.8. The van der Waals surface area contributed by atoms with Crippen molar-refractivity contribution in [1.29, 1.82) is 0 Å². The third kappa shape index (κ3) is 1.70. The highest BCUT2D eigenvalue weighted by molar-refractivity contribution is 5.84. The van der Waals surface area contributed by atoms with Gasteiger partial charge in [0.1, 0.15) is 11.7 Å². The molecule has 3 atom stereocenters. The minimum absolute atomic E-state index is 0.0776. The molecule has 0 bridgehead atoms. The van der Waals surface area contributed by atoms with Gasteiger partial charge in [0.15, 0.2) is 5.43 Å². The number of pyridine rings is 1. The number of nitrogens with zero attached hydrogens (tertiary/aromatic N) is 1. The number of fused-ring (bicyclic) bond motifs is 5. The lowest BCUT2D eigenvalue weighted by atomic mass is 9.75. The van der Waals surface area contributed by atoms with Gasteiger partial charge >= 0.3 is 0 Å². The zero-order valence-electron chi connectivity index (χ0n) is 14.6. The van der Waals surface area contributed by atoms with Crippen molar-refractivity contribution in [2.75, 3.05) is 6.54 Å². The maximum atomic E-state index is 13.0. The predicted octanol–water partition coefficient (Wildman–Crippen LogP) is 2.31. The summed E-state index contributed by atoms with van der Waals surface area (Å²) in [5.74, 6) is 0. The number of H-pyrrole nitrogens is 1. The molecule has 6 rings (SSSR count). The first-order valence-electron chi connectivity index (χ1n) is 9.31. The van der Waals surface area contributed by atoms with Gasteiger partial charge in [0.05, 0.1) is 17.5 Å². The second-order valence-electron chi connectivity index (χ2n) is 7.83. The van der Waals surface area contributed by atoms with Gasteiger partial charge in [0, 0.05) is 29.6 Å². The number of aliphatic hydroxyl groups is 1. The van der Waals surface area contributed by atoms with Crippen molar-refractivity contribution < 1.29 is 9.84 Å². The number of aromatic amines is 1. The van der Waals surface area contributed by atoms with Crippen LogP contribution in [0.1, 0.15) is 31.0 Å². The Hall–Kier alpha value is -2.37. The number of para-hydroxylation sites is 1. The summed E-state index contributed by atoms with van der Waals surface area (Å²) in [5, 5.41) is 12.0. The Balaban J connectivity index is 1.56. The van der Waals surface area contributed by atoms with Crippen LogP contribution in [0.4, 0.5) is 0 Å². The van der Waals surface area contributed by atoms with Crippen molar-refractivity contribution in [3.63, 3.8) is 0 Å². The molecule has 1 saturated heterocycles. The minimum atomic E-state index is -0.906. The van der Waals surface area contributed by atoms with Crippen LogP contribution < -0.4 is 5.43 Å². The number of rotatable bonds is 1. The number of ether oxygens (including phenoxy) is 1. The average molecular weight is 348 g/mol. The van der Waals surface area contributed by atoms with E-state index in [9.17, 15) is 9.90 Å². The SMILES string of the molecule is CCC1(O)C2=C(CC3OC31)CN1Cc3c([nH]c4ccccc4c3=O)C1=C2. The van der Waals surface area contributed by atoms with Crippen molar-refractivity contribution in [3.05, 3.63) is 63.0 Å². The standard InChI is InChI=1S/C21H20N2O3/c1-2-21(25)14-8-16-18-13(19(24)12-5-3-4-6-15(12)22-18)10-23(16)9-11(14)7-17-20(21)26-17/h3-6,8,17,20,25H,2,7,9-10H2,1H3,(H,22,24). The number of nitrogens with one attached hydrogen (secondary N) is 1. The van der Waals surface area contributed by atoms with Gasteiger partial charge < -0.3 is 19.7 Å². The Morgan fingerprint density at radius 2 is 2.19 bits per heavy atom. The van der Waals surface area contributed by atoms with Gasteiger partial charge in [-0.25, -0.2) is 0 Å². The van der Waals surface area contributed by atoms with E-state index in [4.69, 9.17) is 4.74 Å². The molecule has 26 heavy (non-hydrogen) atoms. The molecule has 1 aromatic carbocycles. The van der Waals surface area contributed by atoms with Gasteiger partial charge in [-0.1, -0.05) is 19.1 Å². The molecule has 2 aromatic rings. The Bertz CT molecular complexity index is 1100. The highest BCUT2D eigenvalue weighted by Gasteiger charge is 2.59. The summed E-state index contributed by atoms with van der Waals surface area (Å²) in [6.07, 6.45) is 3.69. The third-order valence-corrected chi connectivity index (χ3v) is 6.50. The summed E-state index contributed by atoms with van der Waals surface area (Å²) in [5.41, 5.74) is 5.07. The van der Waals surface area contributed by atoms with Crippen molar-refractivity contribution in [2.45, 2.75) is 44.1 Å². The van der Waals surface area contributed by atoms with E-state index in [1.54, 1.807) is 0 Å². The van der Waals surface area contributed by atoms with E-state index in [1.807, 2.05) is 31.2 Å². The summed E-state index contributed by atoms with van der Waals surface area (Å²) in [6, 6.07) is 7.66. The molecule has 2 N–H and O–H groups in total. The first-order chi connectivity index (χ1) is 12.6. The smallest absolute Gasteiger partial charge is 0.195 e. The molecular formula is C21H20N2O3. The fraction of sp³-hybridized carbons (Fsp3) is 0.381. The summed E-state index contributed by atoms with van der Waals surface area (Å²) in [4.78, 5) is 18.7. The largest absolute Gasteiger partial charge is 0.382 e. The molecule has 0 spiro atoms. The number of aromatic nitrogens is 1. The van der Waals surface area contributed by atoms with E-state index < -0.39 is 5.60 Å². The quantitative estimate of drug-likeness (QED) is 0.776. The average Bonchev–Trinajstić information content (AvgIpc) is 3.36. The molecule has 1 aromatic heterocycles. The van der Waals surface area contributed by atoms with Crippen molar-refractivity contribution in [3.8, 4) is 0 Å². The lowest BCUT2D eigenvalue weighted by molar-refractivity contribution is 0.0438. The number of benzene rings is 1. The molecule has 0 radical (unpaired) electrons. The van der Waals surface area contributed by atoms with Crippen LogP contribution in [0.3, 0.4) is 0 Å². The zero-order chi connectivity index (χ0) is 17.6. The Kier molecular flexibility index (Phi) is 2.65. The third-order valence-electron chi connectivity index (χ3n) is 6.50. The fourth-order valence-electron chi connectivity index (χ4n) is 5.05. The Morgan fingerprint density at radius 1 is 1.35 bits per heavy atom. The number of hydrogen-bond donors (Lipinski definition) is 2. The highest BCUT2D eigenvalue weighted by atomic mass is 16.6. The lowest BCUT2D eigenvalue weighted by Gasteiger charge is -2.37. The van der Waals surface area contributed by atoms with Crippen LogP contribution in [-0.4, -0.2) is 39.3 Å². The van der Waals surface area contributed by atoms with Crippen molar-refractivity contribution >= 4 is 16.6 Å².